The van der Waals surface area contributed by atoms with E-state index in [1.54, 1.807) is 0 Å². The predicted molar refractivity (Wildman–Crippen MR) is 22.5 cm³/mol. The van der Waals surface area contributed by atoms with Crippen LogP contribution in [0.4, 0.5) is 39.8 Å². The molecule has 0 heterocycles. The summed E-state index contributed by atoms with van der Waals surface area (Å²) in [6.45, 7) is 0. The quantitative estimate of drug-likeness (QED) is 0.419. The fraction of sp³-hybridized carbons (Fsp3) is 0. The van der Waals surface area contributed by atoms with Crippen molar-refractivity contribution in [1.82, 2.24) is 0 Å². The summed E-state index contributed by atoms with van der Waals surface area (Å²) >= 11 is 0. The van der Waals surface area contributed by atoms with Gasteiger partial charge in [0.1, 0.15) is 0 Å². The second-order valence-corrected chi connectivity index (χ2v) is 1.92. The molecule has 72 valence electrons. The molecule has 10 heteroatoms. The molecule has 0 saturated heterocycles. The van der Waals surface area contributed by atoms with Crippen LogP contribution in [-0.4, -0.2) is 0 Å². The zero-order chi connectivity index (χ0) is 5.45. The van der Waals surface area contributed by atoms with Crippen LogP contribution in [0.25, 0.3) is 0 Å². The monoisotopic (exact) mass is 206 g/mol. The van der Waals surface area contributed by atoms with Crippen molar-refractivity contribution in [3.05, 3.63) is 0 Å². The van der Waals surface area contributed by atoms with Crippen LogP contribution in [0.1, 0.15) is 0 Å². The summed E-state index contributed by atoms with van der Waals surface area (Å²) in [5.74, 6) is 0. The fourth-order valence-electron chi connectivity index (χ4n) is 0. The zero-order valence-electron chi connectivity index (χ0n) is 3.97. The molecule has 0 radical (unpaired) electrons. The van der Waals surface area contributed by atoms with Crippen LogP contribution in [0.5, 0.6) is 0 Å². The Labute approximate surface area is 49.4 Å². The van der Waals surface area contributed by atoms with E-state index in [0.29, 0.717) is 0 Å². The summed E-state index contributed by atoms with van der Waals surface area (Å²) in [6.07, 6.45) is 0. The number of halogens is 9. The van der Waals surface area contributed by atoms with Gasteiger partial charge in [-0.3, -0.25) is 18.8 Å². The van der Waals surface area contributed by atoms with Crippen molar-refractivity contribution < 1.29 is 39.8 Å². The molecular formula is H4F9P. The molecule has 0 aliphatic rings. The van der Waals surface area contributed by atoms with Gasteiger partial charge in [-0.05, 0) is 0 Å². The van der Waals surface area contributed by atoms with Crippen LogP contribution in [-0.2, 0) is 0 Å². The van der Waals surface area contributed by atoms with Crippen LogP contribution in [0, 0.1) is 0 Å². The van der Waals surface area contributed by atoms with Crippen molar-refractivity contribution >= 4 is 8.16 Å². The van der Waals surface area contributed by atoms with Crippen LogP contribution in [0.2, 0.25) is 0 Å². The van der Waals surface area contributed by atoms with E-state index in [4.69, 9.17) is 0 Å². The minimum atomic E-state index is -8.55. The maximum absolute atomic E-state index is 9.84. The number of hydrogen-bond acceptors (Lipinski definition) is 0. The Kier molecular flexibility index (Phi) is 18.4. The summed E-state index contributed by atoms with van der Waals surface area (Å²) in [5.41, 5.74) is 0. The average molecular weight is 206 g/mol. The number of hydrogen-bond donors (Lipinski definition) is 0. The van der Waals surface area contributed by atoms with Crippen LogP contribution in [0.15, 0.2) is 0 Å². The summed E-state index contributed by atoms with van der Waals surface area (Å²) in [7, 11) is -8.55. The molecule has 0 rings (SSSR count). The van der Waals surface area contributed by atoms with E-state index in [2.05, 4.69) is 0 Å². The summed E-state index contributed by atoms with van der Waals surface area (Å²) in [5, 5.41) is 0. The standard InChI is InChI=1S/F5P.4FH/c1-6(2,3,4)5;;;;/h;4*1H. The minimum absolute atomic E-state index is 0. The molecule has 0 saturated carbocycles. The average Bonchev–Trinajstić information content (AvgIpc) is 0.650. The Morgan fingerprint density at radius 1 is 0.500 bits per heavy atom. The topological polar surface area (TPSA) is 0 Å². The Balaban J connectivity index is -0.0000000208. The third-order valence-electron chi connectivity index (χ3n) is 0. The third-order valence-corrected chi connectivity index (χ3v) is 0. The van der Waals surface area contributed by atoms with Crippen molar-refractivity contribution in [3.8, 4) is 0 Å². The first-order valence-electron chi connectivity index (χ1n) is 0.845. The molecule has 0 bridgehead atoms. The van der Waals surface area contributed by atoms with Crippen molar-refractivity contribution in [2.45, 2.75) is 0 Å². The van der Waals surface area contributed by atoms with Gasteiger partial charge in [-0.15, -0.1) is 0 Å². The van der Waals surface area contributed by atoms with Crippen LogP contribution < -0.4 is 0 Å². The molecule has 0 aromatic heterocycles. The van der Waals surface area contributed by atoms with Gasteiger partial charge in [0.2, 0.25) is 0 Å². The van der Waals surface area contributed by atoms with Gasteiger partial charge in [0, 0.05) is 0 Å². The first-order chi connectivity index (χ1) is 2.24. The first-order valence-corrected chi connectivity index (χ1v) is 2.54. The molecule has 0 aliphatic carbocycles. The summed E-state index contributed by atoms with van der Waals surface area (Å²) in [6, 6.07) is 0. The molecular weight excluding hydrogens is 202 g/mol. The summed E-state index contributed by atoms with van der Waals surface area (Å²) < 4.78 is 49.2. The van der Waals surface area contributed by atoms with E-state index < -0.39 is 8.16 Å². The molecule has 0 aromatic carbocycles. The maximum atomic E-state index is 9.84. The van der Waals surface area contributed by atoms with Gasteiger partial charge in [-0.25, -0.2) is 0 Å². The van der Waals surface area contributed by atoms with Crippen LogP contribution >= 0.6 is 8.16 Å². The molecule has 0 aromatic rings. The van der Waals surface area contributed by atoms with E-state index in [1.165, 1.54) is 0 Å². The van der Waals surface area contributed by atoms with Crippen molar-refractivity contribution in [1.29, 1.82) is 0 Å². The van der Waals surface area contributed by atoms with E-state index in [0.717, 1.165) is 0 Å². The van der Waals surface area contributed by atoms with Gasteiger partial charge in [0.25, 0.3) is 0 Å². The van der Waals surface area contributed by atoms with Gasteiger partial charge < -0.3 is 0 Å². The molecule has 0 spiro atoms. The Bertz CT molecular complexity index is 37.9. The van der Waals surface area contributed by atoms with E-state index in [1.807, 2.05) is 0 Å². The van der Waals surface area contributed by atoms with Gasteiger partial charge in [-0.2, -0.15) is 0 Å². The van der Waals surface area contributed by atoms with Crippen molar-refractivity contribution in [3.63, 3.8) is 0 Å². The van der Waals surface area contributed by atoms with Crippen molar-refractivity contribution in [2.75, 3.05) is 0 Å². The van der Waals surface area contributed by atoms with E-state index in [-0.39, 0.29) is 18.8 Å². The van der Waals surface area contributed by atoms with Gasteiger partial charge in [0.05, 0.1) is 0 Å². The molecule has 0 fully saturated rings. The Morgan fingerprint density at radius 2 is 0.500 bits per heavy atom. The number of rotatable bonds is 0. The van der Waals surface area contributed by atoms with Crippen LogP contribution in [0.3, 0.4) is 0 Å². The van der Waals surface area contributed by atoms with Gasteiger partial charge >= 0.3 is 29.1 Å². The second-order valence-electron chi connectivity index (χ2n) is 0.639. The molecule has 0 nitrogen and oxygen atoms in total. The fourth-order valence-corrected chi connectivity index (χ4v) is 0. The molecule has 0 aliphatic heterocycles. The Morgan fingerprint density at radius 3 is 0.500 bits per heavy atom. The zero-order valence-corrected chi connectivity index (χ0v) is 4.86. The van der Waals surface area contributed by atoms with Gasteiger partial charge in [-0.1, -0.05) is 0 Å². The molecule has 0 unspecified atom stereocenters. The second kappa shape index (κ2) is 5.57. The van der Waals surface area contributed by atoms with E-state index in [9.17, 15) is 21.0 Å². The predicted octanol–water partition coefficient (Wildman–Crippen LogP) is 3.57. The molecule has 10 heavy (non-hydrogen) atoms. The Hall–Kier alpha value is -0.200. The van der Waals surface area contributed by atoms with Gasteiger partial charge in [0.15, 0.2) is 0 Å². The molecule has 0 atom stereocenters. The van der Waals surface area contributed by atoms with Crippen molar-refractivity contribution in [2.24, 2.45) is 0 Å². The van der Waals surface area contributed by atoms with E-state index >= 15 is 0 Å². The molecule has 0 amide bonds. The SMILES string of the molecule is F.F.F.F.FP(F)(F)(F)F. The molecule has 0 N–H and O–H groups in total. The normalized spacial score (nSPS) is 11.5. The first kappa shape index (κ1) is 32.9. The summed E-state index contributed by atoms with van der Waals surface area (Å²) in [4.78, 5) is 0. The third kappa shape index (κ3) is 9020.